The van der Waals surface area contributed by atoms with Gasteiger partial charge in [0.1, 0.15) is 0 Å². The molecular weight excluding hydrogens is 270 g/mol. The van der Waals surface area contributed by atoms with Gasteiger partial charge in [0.25, 0.3) is 0 Å². The van der Waals surface area contributed by atoms with Gasteiger partial charge in [-0.05, 0) is 37.8 Å². The molecule has 1 fully saturated rings. The third-order valence-corrected chi connectivity index (χ3v) is 4.65. The van der Waals surface area contributed by atoms with Crippen molar-refractivity contribution >= 4 is 5.91 Å². The summed E-state index contributed by atoms with van der Waals surface area (Å²) in [5, 5.41) is 0. The molecule has 0 atom stereocenters. The number of nitrogens with zero attached hydrogens (tertiary/aromatic N) is 1. The van der Waals surface area contributed by atoms with Gasteiger partial charge in [0.05, 0.1) is 5.41 Å². The van der Waals surface area contributed by atoms with Crippen molar-refractivity contribution < 1.29 is 4.79 Å². The number of hydrogen-bond donors (Lipinski definition) is 0. The van der Waals surface area contributed by atoms with Crippen molar-refractivity contribution in [3.05, 3.63) is 71.3 Å². The molecule has 0 unspecified atom stereocenters. The van der Waals surface area contributed by atoms with E-state index in [-0.39, 0.29) is 11.3 Å². The van der Waals surface area contributed by atoms with Crippen LogP contribution in [0.3, 0.4) is 0 Å². The molecule has 2 aromatic carbocycles. The molecule has 0 spiro atoms. The Morgan fingerprint density at radius 3 is 2.23 bits per heavy atom. The monoisotopic (exact) mass is 293 g/mol. The molecule has 3 rings (SSSR count). The molecule has 1 amide bonds. The van der Waals surface area contributed by atoms with Gasteiger partial charge < -0.3 is 4.90 Å². The van der Waals surface area contributed by atoms with E-state index in [9.17, 15) is 4.79 Å². The van der Waals surface area contributed by atoms with Crippen molar-refractivity contribution in [2.75, 3.05) is 6.54 Å². The van der Waals surface area contributed by atoms with Crippen LogP contribution in [-0.4, -0.2) is 17.4 Å². The van der Waals surface area contributed by atoms with Crippen molar-refractivity contribution in [1.29, 1.82) is 0 Å². The smallest absolute Gasteiger partial charge is 0.233 e. The number of carbonyl (C=O) groups is 1. The molecule has 1 saturated carbocycles. The second-order valence-corrected chi connectivity index (χ2v) is 6.25. The van der Waals surface area contributed by atoms with E-state index in [1.165, 1.54) is 16.7 Å². The second-order valence-electron chi connectivity index (χ2n) is 6.25. The number of amides is 1. The SMILES string of the molecule is CCN(Cc1ccccc1)C(=O)C1(c2ccc(C)cc2)CC1. The van der Waals surface area contributed by atoms with Gasteiger partial charge in [-0.1, -0.05) is 60.2 Å². The highest BCUT2D eigenvalue weighted by Crippen LogP contribution is 2.49. The van der Waals surface area contributed by atoms with E-state index in [4.69, 9.17) is 0 Å². The Balaban J connectivity index is 1.80. The zero-order valence-corrected chi connectivity index (χ0v) is 13.4. The van der Waals surface area contributed by atoms with Crippen LogP contribution in [0.1, 0.15) is 36.5 Å². The van der Waals surface area contributed by atoms with Gasteiger partial charge in [-0.15, -0.1) is 0 Å². The van der Waals surface area contributed by atoms with Gasteiger partial charge in [-0.2, -0.15) is 0 Å². The highest BCUT2D eigenvalue weighted by Gasteiger charge is 2.52. The lowest BCUT2D eigenvalue weighted by molar-refractivity contribution is -0.134. The van der Waals surface area contributed by atoms with Crippen LogP contribution in [0.2, 0.25) is 0 Å². The molecule has 2 heteroatoms. The fraction of sp³-hybridized carbons (Fsp3) is 0.350. The van der Waals surface area contributed by atoms with Crippen LogP contribution in [0, 0.1) is 6.92 Å². The summed E-state index contributed by atoms with van der Waals surface area (Å²) in [7, 11) is 0. The minimum Gasteiger partial charge on any atom is -0.338 e. The first-order valence-corrected chi connectivity index (χ1v) is 8.06. The van der Waals surface area contributed by atoms with Gasteiger partial charge in [0.15, 0.2) is 0 Å². The molecule has 0 saturated heterocycles. The molecule has 0 N–H and O–H groups in total. The average Bonchev–Trinajstić information content (AvgIpc) is 3.35. The molecule has 0 radical (unpaired) electrons. The summed E-state index contributed by atoms with van der Waals surface area (Å²) in [6, 6.07) is 18.7. The quantitative estimate of drug-likeness (QED) is 0.813. The van der Waals surface area contributed by atoms with Crippen LogP contribution in [0.25, 0.3) is 0 Å². The summed E-state index contributed by atoms with van der Waals surface area (Å²) in [6.07, 6.45) is 1.94. The minimum absolute atomic E-state index is 0.265. The molecule has 2 aromatic rings. The van der Waals surface area contributed by atoms with Crippen LogP contribution in [0.4, 0.5) is 0 Å². The Hall–Kier alpha value is -2.09. The zero-order chi connectivity index (χ0) is 15.6. The van der Waals surface area contributed by atoms with Crippen LogP contribution in [0.5, 0.6) is 0 Å². The fourth-order valence-electron chi connectivity index (χ4n) is 3.06. The normalized spacial score (nSPS) is 15.4. The van der Waals surface area contributed by atoms with E-state index in [1.807, 2.05) is 23.1 Å². The lowest BCUT2D eigenvalue weighted by Crippen LogP contribution is -2.38. The molecule has 0 bridgehead atoms. The number of aryl methyl sites for hydroxylation is 1. The lowest BCUT2D eigenvalue weighted by atomic mass is 9.93. The van der Waals surface area contributed by atoms with E-state index in [1.54, 1.807) is 0 Å². The summed E-state index contributed by atoms with van der Waals surface area (Å²) in [5.74, 6) is 0.280. The van der Waals surface area contributed by atoms with E-state index < -0.39 is 0 Å². The Morgan fingerprint density at radius 1 is 1.05 bits per heavy atom. The average molecular weight is 293 g/mol. The molecule has 0 aliphatic heterocycles. The van der Waals surface area contributed by atoms with Crippen LogP contribution in [-0.2, 0) is 16.8 Å². The molecule has 0 aromatic heterocycles. The van der Waals surface area contributed by atoms with E-state index >= 15 is 0 Å². The van der Waals surface area contributed by atoms with Gasteiger partial charge in [0, 0.05) is 13.1 Å². The van der Waals surface area contributed by atoms with Gasteiger partial charge in [-0.3, -0.25) is 4.79 Å². The summed E-state index contributed by atoms with van der Waals surface area (Å²) in [5.41, 5.74) is 3.34. The molecule has 1 aliphatic carbocycles. The van der Waals surface area contributed by atoms with E-state index in [0.29, 0.717) is 6.54 Å². The second kappa shape index (κ2) is 5.96. The largest absolute Gasteiger partial charge is 0.338 e. The van der Waals surface area contributed by atoms with E-state index in [2.05, 4.69) is 50.2 Å². The number of rotatable bonds is 5. The summed E-state index contributed by atoms with van der Waals surface area (Å²) in [6.45, 7) is 5.59. The number of carbonyl (C=O) groups excluding carboxylic acids is 1. The van der Waals surface area contributed by atoms with Gasteiger partial charge in [0.2, 0.25) is 5.91 Å². The van der Waals surface area contributed by atoms with Crippen molar-refractivity contribution in [3.8, 4) is 0 Å². The maximum Gasteiger partial charge on any atom is 0.233 e. The standard InChI is InChI=1S/C20H23NO/c1-3-21(15-17-7-5-4-6-8-17)19(22)20(13-14-20)18-11-9-16(2)10-12-18/h4-12H,3,13-15H2,1-2H3. The van der Waals surface area contributed by atoms with Gasteiger partial charge in [-0.25, -0.2) is 0 Å². The maximum atomic E-state index is 13.1. The van der Waals surface area contributed by atoms with Crippen molar-refractivity contribution in [3.63, 3.8) is 0 Å². The first kappa shape index (κ1) is 14.8. The molecule has 114 valence electrons. The number of hydrogen-bond acceptors (Lipinski definition) is 1. The van der Waals surface area contributed by atoms with E-state index in [0.717, 1.165) is 19.4 Å². The summed E-state index contributed by atoms with van der Waals surface area (Å²) in [4.78, 5) is 15.1. The fourth-order valence-corrected chi connectivity index (χ4v) is 3.06. The molecule has 1 aliphatic rings. The topological polar surface area (TPSA) is 20.3 Å². The minimum atomic E-state index is -0.265. The van der Waals surface area contributed by atoms with Crippen molar-refractivity contribution in [1.82, 2.24) is 4.90 Å². The predicted molar refractivity (Wildman–Crippen MR) is 89.6 cm³/mol. The maximum absolute atomic E-state index is 13.1. The van der Waals surface area contributed by atoms with Crippen molar-refractivity contribution in [2.45, 2.75) is 38.6 Å². The first-order valence-electron chi connectivity index (χ1n) is 8.06. The molecule has 22 heavy (non-hydrogen) atoms. The van der Waals surface area contributed by atoms with Gasteiger partial charge >= 0.3 is 0 Å². The first-order chi connectivity index (χ1) is 10.7. The third kappa shape index (κ3) is 2.78. The van der Waals surface area contributed by atoms with Crippen LogP contribution < -0.4 is 0 Å². The lowest BCUT2D eigenvalue weighted by Gasteiger charge is -2.27. The Kier molecular flexibility index (Phi) is 4.02. The highest BCUT2D eigenvalue weighted by atomic mass is 16.2. The third-order valence-electron chi connectivity index (χ3n) is 4.65. The highest BCUT2D eigenvalue weighted by molar-refractivity contribution is 5.91. The summed E-state index contributed by atoms with van der Waals surface area (Å²) >= 11 is 0. The zero-order valence-electron chi connectivity index (χ0n) is 13.4. The Morgan fingerprint density at radius 2 is 1.68 bits per heavy atom. The van der Waals surface area contributed by atoms with Crippen molar-refractivity contribution in [2.24, 2.45) is 0 Å². The molecule has 0 heterocycles. The predicted octanol–water partition coefficient (Wildman–Crippen LogP) is 4.08. The Bertz CT molecular complexity index is 641. The van der Waals surface area contributed by atoms with Crippen LogP contribution in [0.15, 0.2) is 54.6 Å². The Labute approximate surface area is 132 Å². The van der Waals surface area contributed by atoms with Crippen LogP contribution >= 0.6 is 0 Å². The molecule has 2 nitrogen and oxygen atoms in total. The number of benzene rings is 2. The number of likely N-dealkylation sites (N-methyl/N-ethyl adjacent to an activating group) is 1. The molecular formula is C20H23NO. The summed E-state index contributed by atoms with van der Waals surface area (Å²) < 4.78 is 0.